The lowest BCUT2D eigenvalue weighted by atomic mass is 10.2. The number of rotatable bonds is 2. The lowest BCUT2D eigenvalue weighted by molar-refractivity contribution is -0.122. The number of alkyl halides is 2. The van der Waals surface area contributed by atoms with Gasteiger partial charge in [-0.1, -0.05) is 0 Å². The maximum Gasteiger partial charge on any atom is 0.277 e. The number of primary amides is 1. The predicted molar refractivity (Wildman–Crippen MR) is 74.9 cm³/mol. The highest BCUT2D eigenvalue weighted by Crippen LogP contribution is 2.18. The molecule has 0 saturated carbocycles. The van der Waals surface area contributed by atoms with Gasteiger partial charge in [-0.15, -0.1) is 0 Å². The maximum atomic E-state index is 12.9. The molecule has 2 heterocycles. The zero-order chi connectivity index (χ0) is 16.0. The largest absolute Gasteiger partial charge is 0.368 e. The summed E-state index contributed by atoms with van der Waals surface area (Å²) in [6.07, 6.45) is 2.52. The molecule has 0 aromatic carbocycles. The SMILES string of the molecule is CN1CCCC1C(N)=O.CN1CCN(C=O)CC(F)(F)C1. The molecule has 1 unspecified atom stereocenters. The molecule has 2 saturated heterocycles. The highest BCUT2D eigenvalue weighted by Gasteiger charge is 2.35. The van der Waals surface area contributed by atoms with Crippen molar-refractivity contribution in [1.29, 1.82) is 0 Å². The van der Waals surface area contributed by atoms with Gasteiger partial charge in [0, 0.05) is 13.1 Å². The summed E-state index contributed by atoms with van der Waals surface area (Å²) in [7, 11) is 3.56. The normalized spacial score (nSPS) is 26.7. The quantitative estimate of drug-likeness (QED) is 0.704. The Labute approximate surface area is 123 Å². The van der Waals surface area contributed by atoms with Crippen molar-refractivity contribution >= 4 is 12.3 Å². The molecular formula is C13H24F2N4O2. The van der Waals surface area contributed by atoms with Gasteiger partial charge in [0.2, 0.25) is 12.3 Å². The van der Waals surface area contributed by atoms with Gasteiger partial charge in [0.1, 0.15) is 0 Å². The second kappa shape index (κ2) is 7.65. The van der Waals surface area contributed by atoms with Crippen LogP contribution < -0.4 is 5.73 Å². The Morgan fingerprint density at radius 3 is 2.33 bits per heavy atom. The van der Waals surface area contributed by atoms with E-state index < -0.39 is 12.5 Å². The number of likely N-dealkylation sites (tertiary alicyclic amines) is 1. The van der Waals surface area contributed by atoms with E-state index in [1.807, 2.05) is 11.9 Å². The molecule has 2 N–H and O–H groups in total. The van der Waals surface area contributed by atoms with E-state index in [0.29, 0.717) is 19.5 Å². The fourth-order valence-corrected chi connectivity index (χ4v) is 2.56. The van der Waals surface area contributed by atoms with E-state index in [2.05, 4.69) is 0 Å². The zero-order valence-electron chi connectivity index (χ0n) is 12.6. The number of hydrogen-bond acceptors (Lipinski definition) is 4. The van der Waals surface area contributed by atoms with Gasteiger partial charge in [-0.3, -0.25) is 19.4 Å². The van der Waals surface area contributed by atoms with Crippen molar-refractivity contribution in [3.63, 3.8) is 0 Å². The molecular weight excluding hydrogens is 282 g/mol. The van der Waals surface area contributed by atoms with Gasteiger partial charge >= 0.3 is 0 Å². The summed E-state index contributed by atoms with van der Waals surface area (Å²) < 4.78 is 25.8. The molecule has 0 aromatic heterocycles. The fourth-order valence-electron chi connectivity index (χ4n) is 2.56. The first kappa shape index (κ1) is 17.8. The molecule has 2 rings (SSSR count). The minimum Gasteiger partial charge on any atom is -0.368 e. The molecule has 0 aromatic rings. The minimum atomic E-state index is -2.77. The van der Waals surface area contributed by atoms with E-state index in [1.165, 1.54) is 4.90 Å². The molecule has 2 aliphatic heterocycles. The van der Waals surface area contributed by atoms with Crippen molar-refractivity contribution in [3.8, 4) is 0 Å². The van der Waals surface area contributed by atoms with Crippen LogP contribution in [-0.4, -0.2) is 85.8 Å². The summed E-state index contributed by atoms with van der Waals surface area (Å²) in [5, 5.41) is 0. The van der Waals surface area contributed by atoms with Crippen LogP contribution in [0.3, 0.4) is 0 Å². The number of hydrogen-bond donors (Lipinski definition) is 1. The number of nitrogens with zero attached hydrogens (tertiary/aromatic N) is 3. The Bertz CT molecular complexity index is 368. The Kier molecular flexibility index (Phi) is 6.47. The molecule has 122 valence electrons. The molecule has 8 heteroatoms. The number of carbonyl (C=O) groups excluding carboxylic acids is 2. The summed E-state index contributed by atoms with van der Waals surface area (Å²) in [5.74, 6) is -2.96. The molecule has 2 fully saturated rings. The van der Waals surface area contributed by atoms with Crippen molar-refractivity contribution < 1.29 is 18.4 Å². The van der Waals surface area contributed by atoms with Crippen LogP contribution in [0.1, 0.15) is 12.8 Å². The third-order valence-electron chi connectivity index (χ3n) is 3.70. The second-order valence-corrected chi connectivity index (χ2v) is 5.71. The van der Waals surface area contributed by atoms with Crippen molar-refractivity contribution in [2.75, 3.05) is 46.8 Å². The minimum absolute atomic E-state index is 0.00463. The highest BCUT2D eigenvalue weighted by atomic mass is 19.3. The Balaban J connectivity index is 0.000000219. The molecule has 0 radical (unpaired) electrons. The molecule has 0 bridgehead atoms. The first-order valence-corrected chi connectivity index (χ1v) is 7.00. The van der Waals surface area contributed by atoms with Crippen LogP contribution in [0.15, 0.2) is 0 Å². The van der Waals surface area contributed by atoms with Crippen LogP contribution in [0, 0.1) is 0 Å². The fraction of sp³-hybridized carbons (Fsp3) is 0.846. The van der Waals surface area contributed by atoms with Crippen LogP contribution in [0.25, 0.3) is 0 Å². The third-order valence-corrected chi connectivity index (χ3v) is 3.70. The van der Waals surface area contributed by atoms with Crippen molar-refractivity contribution in [2.24, 2.45) is 5.73 Å². The summed E-state index contributed by atoms with van der Waals surface area (Å²) >= 11 is 0. The number of amides is 2. The van der Waals surface area contributed by atoms with E-state index >= 15 is 0 Å². The smallest absolute Gasteiger partial charge is 0.277 e. The molecule has 1 atom stereocenters. The molecule has 21 heavy (non-hydrogen) atoms. The Hall–Kier alpha value is -1.28. The highest BCUT2D eigenvalue weighted by molar-refractivity contribution is 5.80. The van der Waals surface area contributed by atoms with Crippen LogP contribution in [-0.2, 0) is 9.59 Å². The zero-order valence-corrected chi connectivity index (χ0v) is 12.6. The Morgan fingerprint density at radius 1 is 1.24 bits per heavy atom. The van der Waals surface area contributed by atoms with Gasteiger partial charge in [-0.05, 0) is 33.5 Å². The van der Waals surface area contributed by atoms with E-state index in [1.54, 1.807) is 7.05 Å². The van der Waals surface area contributed by atoms with Crippen molar-refractivity contribution in [3.05, 3.63) is 0 Å². The number of likely N-dealkylation sites (N-methyl/N-ethyl adjacent to an activating group) is 2. The summed E-state index contributed by atoms with van der Waals surface area (Å²) in [6, 6.07) is 0.00463. The van der Waals surface area contributed by atoms with Crippen LogP contribution in [0.5, 0.6) is 0 Å². The third kappa shape index (κ3) is 5.92. The molecule has 2 aliphatic rings. The second-order valence-electron chi connectivity index (χ2n) is 5.71. The van der Waals surface area contributed by atoms with E-state index in [-0.39, 0.29) is 18.5 Å². The first-order valence-electron chi connectivity index (χ1n) is 7.00. The topological polar surface area (TPSA) is 69.9 Å². The maximum absolute atomic E-state index is 12.9. The average molecular weight is 306 g/mol. The van der Waals surface area contributed by atoms with Gasteiger partial charge in [-0.2, -0.15) is 0 Å². The number of nitrogens with two attached hydrogens (primary N) is 1. The van der Waals surface area contributed by atoms with Gasteiger partial charge in [0.25, 0.3) is 5.92 Å². The summed E-state index contributed by atoms with van der Waals surface area (Å²) in [5.41, 5.74) is 5.11. The lowest BCUT2D eigenvalue weighted by Gasteiger charge is -2.19. The van der Waals surface area contributed by atoms with Crippen LogP contribution >= 0.6 is 0 Å². The van der Waals surface area contributed by atoms with Crippen LogP contribution in [0.4, 0.5) is 8.78 Å². The van der Waals surface area contributed by atoms with E-state index in [9.17, 15) is 18.4 Å². The van der Waals surface area contributed by atoms with Gasteiger partial charge < -0.3 is 10.6 Å². The molecule has 0 spiro atoms. The number of carbonyl (C=O) groups is 2. The summed E-state index contributed by atoms with van der Waals surface area (Å²) in [6.45, 7) is 1.18. The molecule has 2 amide bonds. The van der Waals surface area contributed by atoms with E-state index in [4.69, 9.17) is 5.73 Å². The van der Waals surface area contributed by atoms with Crippen molar-refractivity contribution in [1.82, 2.24) is 14.7 Å². The van der Waals surface area contributed by atoms with Crippen LogP contribution in [0.2, 0.25) is 0 Å². The molecule has 6 nitrogen and oxygen atoms in total. The molecule has 0 aliphatic carbocycles. The van der Waals surface area contributed by atoms with Crippen molar-refractivity contribution in [2.45, 2.75) is 24.8 Å². The first-order chi connectivity index (χ1) is 9.75. The average Bonchev–Trinajstić information content (AvgIpc) is 2.75. The van der Waals surface area contributed by atoms with Gasteiger partial charge in [-0.25, -0.2) is 8.78 Å². The standard InChI is InChI=1S/C7H12F2N2O.C6H12N2O/c1-10-2-3-11(6-12)5-7(8,9)4-10;1-8-4-2-3-5(8)6(7)9/h6H,2-5H2,1H3;5H,2-4H2,1H3,(H2,7,9). The predicted octanol–water partition coefficient (Wildman–Crippen LogP) is -0.409. The van der Waals surface area contributed by atoms with Gasteiger partial charge in [0.05, 0.1) is 19.1 Å². The van der Waals surface area contributed by atoms with E-state index in [0.717, 1.165) is 24.3 Å². The summed E-state index contributed by atoms with van der Waals surface area (Å²) in [4.78, 5) is 25.5. The Morgan fingerprint density at radius 2 is 1.90 bits per heavy atom. The lowest BCUT2D eigenvalue weighted by Crippen LogP contribution is -2.38. The number of halogens is 2. The van der Waals surface area contributed by atoms with Gasteiger partial charge in [0.15, 0.2) is 0 Å². The monoisotopic (exact) mass is 306 g/mol.